The predicted octanol–water partition coefficient (Wildman–Crippen LogP) is 4.16. The number of halogens is 1. The third kappa shape index (κ3) is 2.17. The first kappa shape index (κ1) is 12.8. The zero-order valence-electron chi connectivity index (χ0n) is 10.8. The van der Waals surface area contributed by atoms with Crippen molar-refractivity contribution in [2.45, 2.75) is 0 Å². The van der Waals surface area contributed by atoms with E-state index in [4.69, 9.17) is 16.0 Å². The van der Waals surface area contributed by atoms with Gasteiger partial charge in [0, 0.05) is 28.7 Å². The maximum absolute atomic E-state index is 12.1. The molecule has 0 fully saturated rings. The highest BCUT2D eigenvalue weighted by Crippen LogP contribution is 2.30. The Hall–Kier alpha value is -2.26. The summed E-state index contributed by atoms with van der Waals surface area (Å²) in [6.45, 7) is 0. The van der Waals surface area contributed by atoms with E-state index in [1.165, 1.54) is 0 Å². The van der Waals surface area contributed by atoms with Gasteiger partial charge in [-0.3, -0.25) is 0 Å². The molecule has 2 aromatic carbocycles. The van der Waals surface area contributed by atoms with Crippen LogP contribution in [0.3, 0.4) is 0 Å². The van der Waals surface area contributed by atoms with Crippen molar-refractivity contribution in [2.75, 3.05) is 12.4 Å². The molecule has 0 radical (unpaired) electrons. The maximum Gasteiger partial charge on any atom is 0.344 e. The molecule has 0 bridgehead atoms. The summed E-state index contributed by atoms with van der Waals surface area (Å²) < 4.78 is 5.34. The molecular weight excluding hydrogens is 274 g/mol. The van der Waals surface area contributed by atoms with Crippen LogP contribution in [0, 0.1) is 0 Å². The molecule has 0 spiro atoms. The molecule has 0 aliphatic heterocycles. The summed E-state index contributed by atoms with van der Waals surface area (Å²) in [6, 6.07) is 14.7. The number of rotatable bonds is 2. The first-order valence-corrected chi connectivity index (χ1v) is 6.57. The molecule has 3 nitrogen and oxygen atoms in total. The molecule has 3 aromatic rings. The number of hydrogen-bond acceptors (Lipinski definition) is 3. The number of fused-ring (bicyclic) bond motifs is 1. The highest BCUT2D eigenvalue weighted by atomic mass is 35.5. The molecule has 0 aliphatic rings. The molecule has 20 heavy (non-hydrogen) atoms. The minimum atomic E-state index is -0.390. The number of hydrogen-bond donors (Lipinski definition) is 1. The highest BCUT2D eigenvalue weighted by molar-refractivity contribution is 6.33. The standard InChI is InChI=1S/C16H12ClNO2/c1-18-11-6-7-14(17)12(9-11)13-8-10-4-2-3-5-15(10)20-16(13)19/h2-9,18H,1H3. The molecule has 0 atom stereocenters. The molecule has 3 rings (SSSR count). The van der Waals surface area contributed by atoms with Gasteiger partial charge < -0.3 is 9.73 Å². The lowest BCUT2D eigenvalue weighted by molar-refractivity contribution is 0.563. The largest absolute Gasteiger partial charge is 0.422 e. The van der Waals surface area contributed by atoms with Gasteiger partial charge in [0.15, 0.2) is 0 Å². The summed E-state index contributed by atoms with van der Waals surface area (Å²) in [4.78, 5) is 12.1. The Balaban J connectivity index is 2.29. The first-order valence-electron chi connectivity index (χ1n) is 6.19. The van der Waals surface area contributed by atoms with Crippen molar-refractivity contribution >= 4 is 28.3 Å². The molecule has 0 unspecified atom stereocenters. The van der Waals surface area contributed by atoms with Gasteiger partial charge in [0.25, 0.3) is 0 Å². The van der Waals surface area contributed by atoms with Gasteiger partial charge in [-0.15, -0.1) is 0 Å². The average Bonchev–Trinajstić information content (AvgIpc) is 2.47. The van der Waals surface area contributed by atoms with E-state index in [1.807, 2.05) is 43.4 Å². The van der Waals surface area contributed by atoms with Gasteiger partial charge in [-0.1, -0.05) is 29.8 Å². The van der Waals surface area contributed by atoms with E-state index in [1.54, 1.807) is 12.1 Å². The molecule has 1 N–H and O–H groups in total. The van der Waals surface area contributed by atoms with Gasteiger partial charge in [0.2, 0.25) is 0 Å². The Morgan fingerprint density at radius 1 is 1.05 bits per heavy atom. The van der Waals surface area contributed by atoms with E-state index in [0.717, 1.165) is 11.1 Å². The molecule has 0 aliphatic carbocycles. The topological polar surface area (TPSA) is 42.2 Å². The van der Waals surface area contributed by atoms with Crippen LogP contribution >= 0.6 is 11.6 Å². The second-order valence-corrected chi connectivity index (χ2v) is 4.84. The molecular formula is C16H12ClNO2. The van der Waals surface area contributed by atoms with Gasteiger partial charge in [-0.2, -0.15) is 0 Å². The average molecular weight is 286 g/mol. The fourth-order valence-electron chi connectivity index (χ4n) is 2.14. The SMILES string of the molecule is CNc1ccc(Cl)c(-c2cc3ccccc3oc2=O)c1. The Morgan fingerprint density at radius 2 is 1.85 bits per heavy atom. The van der Waals surface area contributed by atoms with E-state index in [2.05, 4.69) is 5.32 Å². The van der Waals surface area contributed by atoms with E-state index >= 15 is 0 Å². The summed E-state index contributed by atoms with van der Waals surface area (Å²) in [7, 11) is 1.82. The van der Waals surface area contributed by atoms with E-state index < -0.39 is 0 Å². The van der Waals surface area contributed by atoms with Crippen LogP contribution in [0.15, 0.2) is 57.7 Å². The minimum absolute atomic E-state index is 0.390. The fraction of sp³-hybridized carbons (Fsp3) is 0.0625. The van der Waals surface area contributed by atoms with Crippen LogP contribution in [-0.4, -0.2) is 7.05 Å². The molecule has 0 saturated carbocycles. The monoisotopic (exact) mass is 285 g/mol. The zero-order valence-corrected chi connectivity index (χ0v) is 11.6. The maximum atomic E-state index is 12.1. The minimum Gasteiger partial charge on any atom is -0.422 e. The van der Waals surface area contributed by atoms with Crippen LogP contribution in [0.1, 0.15) is 0 Å². The third-order valence-electron chi connectivity index (χ3n) is 3.19. The van der Waals surface area contributed by atoms with Gasteiger partial charge in [-0.25, -0.2) is 4.79 Å². The quantitative estimate of drug-likeness (QED) is 0.719. The van der Waals surface area contributed by atoms with Crippen LogP contribution in [0.25, 0.3) is 22.1 Å². The molecule has 4 heteroatoms. The molecule has 0 saturated heterocycles. The van der Waals surface area contributed by atoms with E-state index in [9.17, 15) is 4.79 Å². The van der Waals surface area contributed by atoms with Crippen LogP contribution in [0.4, 0.5) is 5.69 Å². The van der Waals surface area contributed by atoms with Crippen molar-refractivity contribution in [1.82, 2.24) is 0 Å². The summed E-state index contributed by atoms with van der Waals surface area (Å²) in [5.41, 5.74) is 2.20. The van der Waals surface area contributed by atoms with Crippen LogP contribution in [0.2, 0.25) is 5.02 Å². The second kappa shape index (κ2) is 5.02. The summed E-state index contributed by atoms with van der Waals surface area (Å²) in [5, 5.41) is 4.42. The summed E-state index contributed by atoms with van der Waals surface area (Å²) in [6.07, 6.45) is 0. The van der Waals surface area contributed by atoms with Crippen LogP contribution in [-0.2, 0) is 0 Å². The Bertz CT molecular complexity index is 839. The second-order valence-electron chi connectivity index (χ2n) is 4.43. The van der Waals surface area contributed by atoms with Gasteiger partial charge in [0.1, 0.15) is 5.58 Å². The van der Waals surface area contributed by atoms with Crippen molar-refractivity contribution in [1.29, 1.82) is 0 Å². The van der Waals surface area contributed by atoms with Crippen molar-refractivity contribution in [3.8, 4) is 11.1 Å². The van der Waals surface area contributed by atoms with Crippen LogP contribution < -0.4 is 10.9 Å². The third-order valence-corrected chi connectivity index (χ3v) is 3.52. The molecule has 0 amide bonds. The van der Waals surface area contributed by atoms with Gasteiger partial charge in [0.05, 0.1) is 5.56 Å². The summed E-state index contributed by atoms with van der Waals surface area (Å²) in [5.74, 6) is 0. The van der Waals surface area contributed by atoms with Gasteiger partial charge in [-0.05, 0) is 30.3 Å². The lowest BCUT2D eigenvalue weighted by Gasteiger charge is -2.07. The first-order chi connectivity index (χ1) is 9.69. The Kier molecular flexibility index (Phi) is 3.20. The highest BCUT2D eigenvalue weighted by Gasteiger charge is 2.11. The normalized spacial score (nSPS) is 10.7. The predicted molar refractivity (Wildman–Crippen MR) is 82.5 cm³/mol. The van der Waals surface area contributed by atoms with Crippen molar-refractivity contribution in [2.24, 2.45) is 0 Å². The van der Waals surface area contributed by atoms with Crippen LogP contribution in [0.5, 0.6) is 0 Å². The Morgan fingerprint density at radius 3 is 2.65 bits per heavy atom. The smallest absolute Gasteiger partial charge is 0.344 e. The zero-order chi connectivity index (χ0) is 14.1. The fourth-order valence-corrected chi connectivity index (χ4v) is 2.36. The van der Waals surface area contributed by atoms with Crippen molar-refractivity contribution in [3.63, 3.8) is 0 Å². The number of benzene rings is 2. The van der Waals surface area contributed by atoms with E-state index in [0.29, 0.717) is 21.7 Å². The molecule has 1 heterocycles. The lowest BCUT2D eigenvalue weighted by Crippen LogP contribution is -2.03. The Labute approximate surface area is 120 Å². The summed E-state index contributed by atoms with van der Waals surface area (Å²) >= 11 is 6.20. The lowest BCUT2D eigenvalue weighted by atomic mass is 10.1. The number of anilines is 1. The number of para-hydroxylation sites is 1. The number of nitrogens with one attached hydrogen (secondary N) is 1. The van der Waals surface area contributed by atoms with Crippen molar-refractivity contribution in [3.05, 3.63) is 64.0 Å². The van der Waals surface area contributed by atoms with Crippen molar-refractivity contribution < 1.29 is 4.42 Å². The van der Waals surface area contributed by atoms with Gasteiger partial charge >= 0.3 is 5.63 Å². The molecule has 100 valence electrons. The molecule has 1 aromatic heterocycles. The van der Waals surface area contributed by atoms with E-state index in [-0.39, 0.29) is 5.63 Å².